The highest BCUT2D eigenvalue weighted by atomic mass is 19.1. The van der Waals surface area contributed by atoms with E-state index in [0.29, 0.717) is 18.0 Å². The van der Waals surface area contributed by atoms with E-state index in [-0.39, 0.29) is 13.1 Å². The van der Waals surface area contributed by atoms with Gasteiger partial charge in [-0.05, 0) is 6.07 Å². The molecule has 0 unspecified atom stereocenters. The third-order valence-electron chi connectivity index (χ3n) is 2.78. The lowest BCUT2D eigenvalue weighted by molar-refractivity contribution is 0.0226. The zero-order valence-electron chi connectivity index (χ0n) is 9.62. The molecule has 0 radical (unpaired) electrons. The zero-order valence-corrected chi connectivity index (χ0v) is 9.62. The molecule has 0 spiro atoms. The molecule has 0 aliphatic carbocycles. The lowest BCUT2D eigenvalue weighted by Crippen LogP contribution is -2.48. The molecule has 1 aromatic heterocycles. The molecule has 1 aliphatic rings. The molecule has 6 nitrogen and oxygen atoms in total. The number of anilines is 1. The highest BCUT2D eigenvalue weighted by Crippen LogP contribution is 2.20. The van der Waals surface area contributed by atoms with Crippen LogP contribution < -0.4 is 10.5 Å². The molecule has 98 valence electrons. The maximum atomic E-state index is 13.7. The van der Waals surface area contributed by atoms with E-state index in [1.54, 1.807) is 12.1 Å². The van der Waals surface area contributed by atoms with E-state index >= 15 is 0 Å². The Morgan fingerprint density at radius 2 is 2.39 bits per heavy atom. The molecule has 7 heteroatoms. The molecule has 1 aliphatic heterocycles. The van der Waals surface area contributed by atoms with Gasteiger partial charge in [-0.2, -0.15) is 0 Å². The molecule has 0 bridgehead atoms. The summed E-state index contributed by atoms with van der Waals surface area (Å²) in [6.45, 7) is 0.0877. The molecular formula is C11H14FN3O3. The van der Waals surface area contributed by atoms with Gasteiger partial charge in [0.1, 0.15) is 6.10 Å². The minimum atomic E-state index is -1.35. The Morgan fingerprint density at radius 1 is 1.61 bits per heavy atom. The second-order valence-corrected chi connectivity index (χ2v) is 4.12. The van der Waals surface area contributed by atoms with Gasteiger partial charge in [-0.1, -0.05) is 0 Å². The number of carbonyl (C=O) groups is 1. The van der Waals surface area contributed by atoms with Crippen LogP contribution in [0.5, 0.6) is 5.88 Å². The van der Waals surface area contributed by atoms with Crippen molar-refractivity contribution in [1.29, 1.82) is 0 Å². The summed E-state index contributed by atoms with van der Waals surface area (Å²) in [7, 11) is 0. The Hall–Kier alpha value is -2.05. The van der Waals surface area contributed by atoms with Crippen molar-refractivity contribution < 1.29 is 19.0 Å². The van der Waals surface area contributed by atoms with Crippen LogP contribution in [0.2, 0.25) is 0 Å². The molecule has 1 aromatic rings. The monoisotopic (exact) mass is 255 g/mol. The Morgan fingerprint density at radius 3 is 2.94 bits per heavy atom. The number of carboxylic acid groups (broad SMARTS) is 1. The number of ether oxygens (including phenoxy) is 1. The molecule has 2 atom stereocenters. The fourth-order valence-corrected chi connectivity index (χ4v) is 1.81. The molecule has 1 fully saturated rings. The quantitative estimate of drug-likeness (QED) is 0.827. The minimum absolute atomic E-state index is 0.172. The molecule has 18 heavy (non-hydrogen) atoms. The van der Waals surface area contributed by atoms with Crippen molar-refractivity contribution in [3.05, 3.63) is 18.3 Å². The van der Waals surface area contributed by atoms with Crippen LogP contribution in [-0.4, -0.2) is 46.4 Å². The van der Waals surface area contributed by atoms with Crippen molar-refractivity contribution in [2.24, 2.45) is 0 Å². The first-order valence-corrected chi connectivity index (χ1v) is 5.56. The van der Waals surface area contributed by atoms with Gasteiger partial charge in [-0.25, -0.2) is 14.2 Å². The summed E-state index contributed by atoms with van der Waals surface area (Å²) < 4.78 is 19.1. The summed E-state index contributed by atoms with van der Waals surface area (Å²) >= 11 is 0. The highest BCUT2D eigenvalue weighted by Gasteiger charge is 2.33. The Kier molecular flexibility index (Phi) is 3.50. The minimum Gasteiger partial charge on any atom is -0.471 e. The van der Waals surface area contributed by atoms with Crippen LogP contribution in [0.4, 0.5) is 14.9 Å². The maximum absolute atomic E-state index is 13.7. The highest BCUT2D eigenvalue weighted by molar-refractivity contribution is 5.65. The second-order valence-electron chi connectivity index (χ2n) is 4.12. The SMILES string of the molecule is Nc1ccc(O[C@@H]2CCN(C(=O)O)C[C@@H]2F)nc1. The van der Waals surface area contributed by atoms with Gasteiger partial charge in [-0.15, -0.1) is 0 Å². The zero-order chi connectivity index (χ0) is 13.1. The Bertz CT molecular complexity index is 426. The average Bonchev–Trinajstić information content (AvgIpc) is 2.34. The number of pyridine rings is 1. The van der Waals surface area contributed by atoms with Gasteiger partial charge < -0.3 is 20.5 Å². The predicted octanol–water partition coefficient (Wildman–Crippen LogP) is 1.13. The number of rotatable bonds is 2. The Labute approximate surface area is 103 Å². The van der Waals surface area contributed by atoms with Crippen molar-refractivity contribution in [3.63, 3.8) is 0 Å². The number of hydrogen-bond acceptors (Lipinski definition) is 4. The number of hydrogen-bond donors (Lipinski definition) is 2. The lowest BCUT2D eigenvalue weighted by atomic mass is 10.1. The maximum Gasteiger partial charge on any atom is 0.407 e. The van der Waals surface area contributed by atoms with Gasteiger partial charge in [-0.3, -0.25) is 0 Å². The van der Waals surface area contributed by atoms with Crippen molar-refractivity contribution in [2.75, 3.05) is 18.8 Å². The third-order valence-corrected chi connectivity index (χ3v) is 2.78. The van der Waals surface area contributed by atoms with Gasteiger partial charge in [0.05, 0.1) is 18.4 Å². The van der Waals surface area contributed by atoms with E-state index in [2.05, 4.69) is 4.98 Å². The lowest BCUT2D eigenvalue weighted by Gasteiger charge is -2.32. The van der Waals surface area contributed by atoms with Crippen molar-refractivity contribution >= 4 is 11.8 Å². The molecule has 0 saturated carbocycles. The van der Waals surface area contributed by atoms with E-state index in [1.807, 2.05) is 0 Å². The molecule has 1 saturated heterocycles. The van der Waals surface area contributed by atoms with Crippen LogP contribution in [0.3, 0.4) is 0 Å². The van der Waals surface area contributed by atoms with E-state index in [4.69, 9.17) is 15.6 Å². The molecule has 3 N–H and O–H groups in total. The Balaban J connectivity index is 1.95. The number of nitrogens with two attached hydrogens (primary N) is 1. The van der Waals surface area contributed by atoms with Gasteiger partial charge in [0.2, 0.25) is 5.88 Å². The second kappa shape index (κ2) is 5.07. The molecule has 0 aromatic carbocycles. The van der Waals surface area contributed by atoms with Crippen LogP contribution in [0.1, 0.15) is 6.42 Å². The van der Waals surface area contributed by atoms with E-state index in [9.17, 15) is 9.18 Å². The normalized spacial score (nSPS) is 23.7. The number of nitrogens with zero attached hydrogens (tertiary/aromatic N) is 2. The van der Waals surface area contributed by atoms with E-state index in [1.165, 1.54) is 6.20 Å². The molecule has 1 amide bonds. The number of piperidine rings is 1. The van der Waals surface area contributed by atoms with Crippen LogP contribution in [0.25, 0.3) is 0 Å². The predicted molar refractivity (Wildman–Crippen MR) is 62.2 cm³/mol. The topological polar surface area (TPSA) is 88.7 Å². The summed E-state index contributed by atoms with van der Waals surface area (Å²) in [5.74, 6) is 0.292. The van der Waals surface area contributed by atoms with Crippen molar-refractivity contribution in [2.45, 2.75) is 18.7 Å². The smallest absolute Gasteiger partial charge is 0.407 e. The summed E-state index contributed by atoms with van der Waals surface area (Å²) in [6.07, 6.45) is -1.40. The largest absolute Gasteiger partial charge is 0.471 e. The molecule has 2 rings (SSSR count). The van der Waals surface area contributed by atoms with Crippen LogP contribution >= 0.6 is 0 Å². The third kappa shape index (κ3) is 2.79. The first kappa shape index (κ1) is 12.4. The van der Waals surface area contributed by atoms with Crippen molar-refractivity contribution in [1.82, 2.24) is 9.88 Å². The van der Waals surface area contributed by atoms with Gasteiger partial charge in [0.15, 0.2) is 6.17 Å². The van der Waals surface area contributed by atoms with Crippen LogP contribution in [0.15, 0.2) is 18.3 Å². The van der Waals surface area contributed by atoms with Crippen molar-refractivity contribution in [3.8, 4) is 5.88 Å². The fraction of sp³-hybridized carbons (Fsp3) is 0.455. The first-order valence-electron chi connectivity index (χ1n) is 5.56. The van der Waals surface area contributed by atoms with Gasteiger partial charge in [0.25, 0.3) is 0 Å². The molecular weight excluding hydrogens is 241 g/mol. The van der Waals surface area contributed by atoms with Crippen LogP contribution in [0, 0.1) is 0 Å². The van der Waals surface area contributed by atoms with E-state index in [0.717, 1.165) is 4.90 Å². The number of alkyl halides is 1. The molecule has 2 heterocycles. The van der Waals surface area contributed by atoms with E-state index < -0.39 is 18.4 Å². The number of aromatic nitrogens is 1. The number of amides is 1. The standard InChI is InChI=1S/C11H14FN3O3/c12-8-6-15(11(16)17)4-3-9(8)18-10-2-1-7(13)5-14-10/h1-2,5,8-9H,3-4,6,13H2,(H,16,17)/t8-,9+/m0/s1. The average molecular weight is 255 g/mol. The number of nitrogen functional groups attached to an aromatic ring is 1. The fourth-order valence-electron chi connectivity index (χ4n) is 1.81. The number of halogens is 1. The van der Waals surface area contributed by atoms with Crippen LogP contribution in [-0.2, 0) is 0 Å². The summed E-state index contributed by atoms with van der Waals surface area (Å²) in [5.41, 5.74) is 5.97. The summed E-state index contributed by atoms with van der Waals surface area (Å²) in [6, 6.07) is 3.17. The summed E-state index contributed by atoms with van der Waals surface area (Å²) in [4.78, 5) is 15.7. The summed E-state index contributed by atoms with van der Waals surface area (Å²) in [5, 5.41) is 8.75. The first-order chi connectivity index (χ1) is 8.56. The number of likely N-dealkylation sites (tertiary alicyclic amines) is 1. The van der Waals surface area contributed by atoms with Gasteiger partial charge >= 0.3 is 6.09 Å². The van der Waals surface area contributed by atoms with Gasteiger partial charge in [0, 0.05) is 19.0 Å².